The lowest BCUT2D eigenvalue weighted by atomic mass is 9.87. The van der Waals surface area contributed by atoms with E-state index in [0.29, 0.717) is 44.7 Å². The quantitative estimate of drug-likeness (QED) is 0.150. The summed E-state index contributed by atoms with van der Waals surface area (Å²) in [6, 6.07) is 0. The Balaban J connectivity index is -0.000000412. The van der Waals surface area contributed by atoms with Crippen LogP contribution in [0.25, 0.3) is 0 Å². The van der Waals surface area contributed by atoms with Gasteiger partial charge in [0.25, 0.3) is 0 Å². The molecular formula is C60H127NO8. The van der Waals surface area contributed by atoms with Gasteiger partial charge >= 0.3 is 0 Å². The number of nitrogens with zero attached hydrogens (tertiary/aromatic N) is 1. The van der Waals surface area contributed by atoms with Crippen LogP contribution in [-0.2, 0) is 38.0 Å². The Morgan fingerprint density at radius 2 is 0.565 bits per heavy atom. The van der Waals surface area contributed by atoms with Crippen LogP contribution < -0.4 is 0 Å². The number of hydrogen-bond donors (Lipinski definition) is 0. The smallest absolute Gasteiger partial charge is 0.138 e. The Bertz CT molecular complexity index is 1210. The monoisotopic (exact) mass is 990 g/mol. The standard InChI is InChI=1S/C17H34O3.C16H34O2.C15H32O3.C12H27N/c1-15(2,3)14(18)11-10-13(20-17(7,8)9)12-19-16(4,5)6;1-14(2,3)11-10-13(18-16(7,8)9)12-17-15(4,5)6;1-13(2,3)16-10-12(18-15(7,8)9)11-17-14(4,5)6;1-10(2,3)13(11(4,5)6)12(7,8)9/h13H,10-12H2,1-9H3;13H,10-12H2,1-9H3;12H,10-11H2,1-9H3;1-9H3. The van der Waals surface area contributed by atoms with Gasteiger partial charge in [0, 0.05) is 28.5 Å². The van der Waals surface area contributed by atoms with Crippen LogP contribution in [0.2, 0.25) is 0 Å². The Labute approximate surface area is 433 Å². The minimum atomic E-state index is -0.281. The van der Waals surface area contributed by atoms with Crippen LogP contribution in [-0.4, -0.2) is 111 Å². The summed E-state index contributed by atoms with van der Waals surface area (Å²) in [5.41, 5.74) is -0.382. The molecule has 2 unspecified atom stereocenters. The van der Waals surface area contributed by atoms with Crippen molar-refractivity contribution in [1.29, 1.82) is 0 Å². The van der Waals surface area contributed by atoms with E-state index in [2.05, 4.69) is 130 Å². The third-order valence-corrected chi connectivity index (χ3v) is 9.13. The molecule has 0 heterocycles. The van der Waals surface area contributed by atoms with Crippen molar-refractivity contribution in [3.63, 3.8) is 0 Å². The van der Waals surface area contributed by atoms with Crippen LogP contribution in [0.5, 0.6) is 0 Å². The molecule has 0 N–H and O–H groups in total. The van der Waals surface area contributed by atoms with Crippen LogP contribution in [0.15, 0.2) is 0 Å². The molecule has 420 valence electrons. The van der Waals surface area contributed by atoms with Crippen LogP contribution in [0, 0.1) is 10.8 Å². The van der Waals surface area contributed by atoms with Crippen molar-refractivity contribution >= 4 is 5.78 Å². The molecule has 0 radical (unpaired) electrons. The summed E-state index contributed by atoms with van der Waals surface area (Å²) in [7, 11) is 0. The van der Waals surface area contributed by atoms with Crippen molar-refractivity contribution in [1.82, 2.24) is 4.90 Å². The molecule has 0 spiro atoms. The molecule has 0 saturated heterocycles. The molecule has 0 aromatic carbocycles. The lowest BCUT2D eigenvalue weighted by Crippen LogP contribution is -2.60. The first-order chi connectivity index (χ1) is 29.6. The maximum Gasteiger partial charge on any atom is 0.138 e. The molecule has 0 aromatic heterocycles. The van der Waals surface area contributed by atoms with Crippen molar-refractivity contribution in [3.05, 3.63) is 0 Å². The molecule has 0 amide bonds. The Hall–Kier alpha value is -0.650. The van der Waals surface area contributed by atoms with E-state index in [1.54, 1.807) is 0 Å². The van der Waals surface area contributed by atoms with E-state index in [0.717, 1.165) is 12.8 Å². The van der Waals surface area contributed by atoms with Gasteiger partial charge in [-0.05, 0) is 232 Å². The summed E-state index contributed by atoms with van der Waals surface area (Å²) in [4.78, 5) is 14.6. The zero-order valence-electron chi connectivity index (χ0n) is 53.6. The summed E-state index contributed by atoms with van der Waals surface area (Å²) < 4.78 is 41.4. The van der Waals surface area contributed by atoms with Crippen LogP contribution >= 0.6 is 0 Å². The van der Waals surface area contributed by atoms with Gasteiger partial charge in [-0.1, -0.05) is 41.5 Å². The van der Waals surface area contributed by atoms with Gasteiger partial charge in [0.15, 0.2) is 0 Å². The van der Waals surface area contributed by atoms with Crippen molar-refractivity contribution in [2.75, 3.05) is 26.4 Å². The van der Waals surface area contributed by atoms with E-state index in [-0.39, 0.29) is 85.3 Å². The van der Waals surface area contributed by atoms with E-state index < -0.39 is 0 Å². The maximum atomic E-state index is 12.0. The van der Waals surface area contributed by atoms with Crippen LogP contribution in [0.1, 0.15) is 275 Å². The molecule has 0 aliphatic heterocycles. The fourth-order valence-corrected chi connectivity index (χ4v) is 7.62. The molecule has 0 saturated carbocycles. The zero-order valence-corrected chi connectivity index (χ0v) is 53.6. The molecule has 9 nitrogen and oxygen atoms in total. The van der Waals surface area contributed by atoms with E-state index >= 15 is 0 Å². The second kappa shape index (κ2) is 28.9. The van der Waals surface area contributed by atoms with Gasteiger partial charge in [-0.15, -0.1) is 0 Å². The first-order valence-corrected chi connectivity index (χ1v) is 26.6. The third-order valence-electron chi connectivity index (χ3n) is 9.13. The summed E-state index contributed by atoms with van der Waals surface area (Å²) in [5.74, 6) is 0.274. The number of carbonyl (C=O) groups excluding carboxylic acids is 1. The van der Waals surface area contributed by atoms with Gasteiger partial charge < -0.3 is 33.2 Å². The Kier molecular flexibility index (Phi) is 31.3. The lowest BCUT2D eigenvalue weighted by Gasteiger charge is -2.53. The van der Waals surface area contributed by atoms with Gasteiger partial charge in [0.1, 0.15) is 11.9 Å². The molecular weight excluding hydrogens is 863 g/mol. The predicted octanol–water partition coefficient (Wildman–Crippen LogP) is 16.7. The molecule has 0 fully saturated rings. The number of Topliss-reactive ketones (excluding diaryl/α,β-unsaturated/α-hetero) is 1. The minimum absolute atomic E-state index is 0.0385. The first-order valence-electron chi connectivity index (χ1n) is 26.6. The van der Waals surface area contributed by atoms with Gasteiger partial charge in [0.2, 0.25) is 0 Å². The SMILES string of the molecule is CC(C)(C)CCC(COC(C)(C)C)OC(C)(C)C.CC(C)(C)N(C(C)(C)C)C(C)(C)C.CC(C)(C)OCC(CCC(=O)C(C)(C)C)OC(C)(C)C.CC(C)(C)OCC(COC(C)(C)C)OC(C)(C)C. The highest BCUT2D eigenvalue weighted by atomic mass is 16.6. The number of ketones is 1. The summed E-state index contributed by atoms with van der Waals surface area (Å²) in [5, 5.41) is 0. The Morgan fingerprint density at radius 3 is 0.754 bits per heavy atom. The Morgan fingerprint density at radius 1 is 0.333 bits per heavy atom. The highest BCUT2D eigenvalue weighted by Gasteiger charge is 2.39. The highest BCUT2D eigenvalue weighted by Crippen LogP contribution is 2.33. The van der Waals surface area contributed by atoms with E-state index in [9.17, 15) is 4.79 Å². The lowest BCUT2D eigenvalue weighted by molar-refractivity contribution is -0.156. The average Bonchev–Trinajstić information content (AvgIpc) is 2.99. The molecule has 2 atom stereocenters. The number of rotatable bonds is 16. The maximum absolute atomic E-state index is 12.0. The molecule has 0 aliphatic rings. The fraction of sp³-hybridized carbons (Fsp3) is 0.983. The topological polar surface area (TPSA) is 84.9 Å². The van der Waals surface area contributed by atoms with Gasteiger partial charge in [-0.3, -0.25) is 9.69 Å². The van der Waals surface area contributed by atoms with Crippen molar-refractivity contribution in [3.8, 4) is 0 Å². The van der Waals surface area contributed by atoms with Crippen molar-refractivity contribution in [2.24, 2.45) is 10.8 Å². The average molecular weight is 991 g/mol. The van der Waals surface area contributed by atoms with E-state index in [1.807, 2.05) is 125 Å². The van der Waals surface area contributed by atoms with Gasteiger partial charge in [-0.2, -0.15) is 0 Å². The largest absolute Gasteiger partial charge is 0.373 e. The van der Waals surface area contributed by atoms with E-state index in [1.165, 1.54) is 0 Å². The fourth-order valence-electron chi connectivity index (χ4n) is 7.62. The molecule has 69 heavy (non-hydrogen) atoms. The number of ether oxygens (including phenoxy) is 7. The number of hydrogen-bond acceptors (Lipinski definition) is 9. The van der Waals surface area contributed by atoms with Crippen LogP contribution in [0.3, 0.4) is 0 Å². The minimum Gasteiger partial charge on any atom is -0.373 e. The normalized spacial score (nSPS) is 15.2. The third kappa shape index (κ3) is 53.5. The zero-order chi connectivity index (χ0) is 56.5. The predicted molar refractivity (Wildman–Crippen MR) is 300 cm³/mol. The highest BCUT2D eigenvalue weighted by molar-refractivity contribution is 5.83. The second-order valence-electron chi connectivity index (χ2n) is 31.4. The molecule has 0 aliphatic carbocycles. The van der Waals surface area contributed by atoms with Crippen molar-refractivity contribution < 1.29 is 38.0 Å². The van der Waals surface area contributed by atoms with Gasteiger partial charge in [-0.25, -0.2) is 0 Å². The summed E-state index contributed by atoms with van der Waals surface area (Å²) in [6.07, 6.45) is 3.56. The van der Waals surface area contributed by atoms with Crippen LogP contribution in [0.4, 0.5) is 0 Å². The van der Waals surface area contributed by atoms with E-state index in [4.69, 9.17) is 33.2 Å². The number of carbonyl (C=O) groups is 1. The van der Waals surface area contributed by atoms with Gasteiger partial charge in [0.05, 0.1) is 77.8 Å². The molecule has 0 aromatic rings. The first kappa shape index (κ1) is 74.9. The molecule has 0 rings (SSSR count). The summed E-state index contributed by atoms with van der Waals surface area (Å²) >= 11 is 0. The summed E-state index contributed by atoms with van der Waals surface area (Å²) in [6.45, 7) is 78.7. The molecule has 0 bridgehead atoms. The molecule has 9 heteroatoms. The van der Waals surface area contributed by atoms with Crippen molar-refractivity contribution in [2.45, 2.75) is 349 Å². The second-order valence-corrected chi connectivity index (χ2v) is 31.4.